The van der Waals surface area contributed by atoms with Crippen molar-refractivity contribution in [2.45, 2.75) is 5.92 Å². The van der Waals surface area contributed by atoms with Crippen molar-refractivity contribution in [3.8, 4) is 17.3 Å². The number of nitriles is 1. The van der Waals surface area contributed by atoms with Gasteiger partial charge < -0.3 is 0 Å². The maximum absolute atomic E-state index is 9.44. The van der Waals surface area contributed by atoms with Crippen LogP contribution in [0.4, 0.5) is 0 Å². The average molecular weight is 347 g/mol. The van der Waals surface area contributed by atoms with E-state index in [0.717, 1.165) is 11.3 Å². The molecule has 0 bridgehead atoms. The summed E-state index contributed by atoms with van der Waals surface area (Å²) in [6.07, 6.45) is 1.53. The summed E-state index contributed by atoms with van der Waals surface area (Å²) in [6, 6.07) is 11.3. The Hall–Kier alpha value is -2.00. The second kappa shape index (κ2) is 6.41. The van der Waals surface area contributed by atoms with Gasteiger partial charge in [-0.15, -0.1) is 11.3 Å². The van der Waals surface area contributed by atoms with Crippen LogP contribution >= 0.6 is 34.5 Å². The molecule has 0 saturated carbocycles. The van der Waals surface area contributed by atoms with E-state index in [9.17, 15) is 5.26 Å². The maximum atomic E-state index is 9.44. The van der Waals surface area contributed by atoms with Crippen molar-refractivity contribution in [3.05, 3.63) is 62.9 Å². The summed E-state index contributed by atoms with van der Waals surface area (Å²) in [5.74, 6) is -0.563. The van der Waals surface area contributed by atoms with Crippen LogP contribution in [0.25, 0.3) is 11.3 Å². The molecule has 0 spiro atoms. The zero-order valence-electron chi connectivity index (χ0n) is 11.1. The van der Waals surface area contributed by atoms with Gasteiger partial charge in [-0.25, -0.2) is 15.0 Å². The monoisotopic (exact) mass is 346 g/mol. The molecule has 0 saturated heterocycles. The molecule has 0 aliphatic heterocycles. The molecule has 1 atom stereocenters. The molecule has 3 aromatic rings. The Labute approximate surface area is 141 Å². The number of thiazole rings is 1. The molecule has 108 valence electrons. The number of hydrogen-bond acceptors (Lipinski definition) is 5. The van der Waals surface area contributed by atoms with Gasteiger partial charge in [-0.2, -0.15) is 5.26 Å². The molecular weight excluding hydrogens is 339 g/mol. The summed E-state index contributed by atoms with van der Waals surface area (Å²) >= 11 is 13.1. The largest absolute Gasteiger partial charge is 0.239 e. The number of halogens is 2. The molecule has 0 radical (unpaired) electrons. The molecule has 0 N–H and O–H groups in total. The van der Waals surface area contributed by atoms with Gasteiger partial charge in [0.2, 0.25) is 5.28 Å². The van der Waals surface area contributed by atoms with Crippen molar-refractivity contribution in [2.75, 3.05) is 0 Å². The van der Waals surface area contributed by atoms with Gasteiger partial charge >= 0.3 is 0 Å². The van der Waals surface area contributed by atoms with Crippen LogP contribution in [0.1, 0.15) is 16.6 Å². The third kappa shape index (κ3) is 3.09. The molecule has 2 heterocycles. The minimum Gasteiger partial charge on any atom is -0.239 e. The molecule has 0 aliphatic rings. The SMILES string of the molecule is N#CC(c1ccnc(Cl)n1)c1nc(-c2ccc(Cl)cc2)cs1. The van der Waals surface area contributed by atoms with Crippen LogP contribution in [-0.4, -0.2) is 15.0 Å². The summed E-state index contributed by atoms with van der Waals surface area (Å²) < 4.78 is 0. The van der Waals surface area contributed by atoms with Gasteiger partial charge in [0.1, 0.15) is 10.9 Å². The van der Waals surface area contributed by atoms with Crippen LogP contribution in [0.3, 0.4) is 0 Å². The topological polar surface area (TPSA) is 62.5 Å². The van der Waals surface area contributed by atoms with Gasteiger partial charge in [0.15, 0.2) is 0 Å². The second-order valence-electron chi connectivity index (χ2n) is 4.39. The van der Waals surface area contributed by atoms with Gasteiger partial charge in [-0.3, -0.25) is 0 Å². The predicted octanol–water partition coefficient (Wildman–Crippen LogP) is 4.56. The molecule has 0 aliphatic carbocycles. The van der Waals surface area contributed by atoms with Gasteiger partial charge in [0, 0.05) is 22.2 Å². The van der Waals surface area contributed by atoms with Crippen molar-refractivity contribution >= 4 is 34.5 Å². The standard InChI is InChI=1S/C15H8Cl2N4S/c16-10-3-1-9(2-4-10)13-8-22-14(20-13)11(7-18)12-5-6-19-15(17)21-12/h1-6,8,11H. The molecule has 0 amide bonds. The van der Waals surface area contributed by atoms with E-state index in [2.05, 4.69) is 21.0 Å². The first-order chi connectivity index (χ1) is 10.7. The van der Waals surface area contributed by atoms with Gasteiger partial charge in [0.05, 0.1) is 17.5 Å². The van der Waals surface area contributed by atoms with Crippen molar-refractivity contribution in [2.24, 2.45) is 0 Å². The Bertz CT molecular complexity index is 839. The number of rotatable bonds is 3. The van der Waals surface area contributed by atoms with Crippen molar-refractivity contribution in [1.29, 1.82) is 5.26 Å². The second-order valence-corrected chi connectivity index (χ2v) is 6.05. The van der Waals surface area contributed by atoms with E-state index in [4.69, 9.17) is 23.2 Å². The van der Waals surface area contributed by atoms with Crippen LogP contribution in [0.5, 0.6) is 0 Å². The summed E-state index contributed by atoms with van der Waals surface area (Å²) in [5.41, 5.74) is 2.29. The van der Waals surface area contributed by atoms with Gasteiger partial charge in [-0.1, -0.05) is 23.7 Å². The molecule has 1 aromatic carbocycles. The first-order valence-electron chi connectivity index (χ1n) is 6.27. The van der Waals surface area contributed by atoms with E-state index in [0.29, 0.717) is 15.7 Å². The third-order valence-electron chi connectivity index (χ3n) is 2.98. The molecule has 4 nitrogen and oxygen atoms in total. The van der Waals surface area contributed by atoms with Crippen LogP contribution in [0.2, 0.25) is 10.3 Å². The first kappa shape index (κ1) is 14.9. The van der Waals surface area contributed by atoms with Crippen molar-refractivity contribution in [3.63, 3.8) is 0 Å². The van der Waals surface area contributed by atoms with Crippen LogP contribution < -0.4 is 0 Å². The fraction of sp³-hybridized carbons (Fsp3) is 0.0667. The van der Waals surface area contributed by atoms with E-state index >= 15 is 0 Å². The maximum Gasteiger partial charge on any atom is 0.222 e. The molecule has 22 heavy (non-hydrogen) atoms. The van der Waals surface area contributed by atoms with Crippen LogP contribution in [0.15, 0.2) is 41.9 Å². The lowest BCUT2D eigenvalue weighted by Crippen LogP contribution is -2.01. The van der Waals surface area contributed by atoms with E-state index in [1.807, 2.05) is 29.6 Å². The summed E-state index contributed by atoms with van der Waals surface area (Å²) in [6.45, 7) is 0. The van der Waals surface area contributed by atoms with E-state index in [1.54, 1.807) is 6.07 Å². The van der Waals surface area contributed by atoms with Gasteiger partial charge in [-0.05, 0) is 29.8 Å². The lowest BCUT2D eigenvalue weighted by Gasteiger charge is -2.04. The molecule has 1 unspecified atom stereocenters. The molecule has 2 aromatic heterocycles. The van der Waals surface area contributed by atoms with E-state index in [1.165, 1.54) is 17.5 Å². The normalized spacial score (nSPS) is 11.9. The lowest BCUT2D eigenvalue weighted by molar-refractivity contribution is 0.931. The molecule has 3 rings (SSSR count). The molecular formula is C15H8Cl2N4S. The zero-order valence-corrected chi connectivity index (χ0v) is 13.4. The first-order valence-corrected chi connectivity index (χ1v) is 7.90. The Kier molecular flexibility index (Phi) is 4.34. The van der Waals surface area contributed by atoms with E-state index in [-0.39, 0.29) is 5.28 Å². The summed E-state index contributed by atoms with van der Waals surface area (Å²) in [7, 11) is 0. The van der Waals surface area contributed by atoms with E-state index < -0.39 is 5.92 Å². The highest BCUT2D eigenvalue weighted by Gasteiger charge is 2.19. The smallest absolute Gasteiger partial charge is 0.222 e. The Balaban J connectivity index is 1.95. The quantitative estimate of drug-likeness (QED) is 0.652. The highest BCUT2D eigenvalue weighted by Crippen LogP contribution is 2.30. The van der Waals surface area contributed by atoms with Crippen LogP contribution in [-0.2, 0) is 0 Å². The Morgan fingerprint density at radius 3 is 2.55 bits per heavy atom. The molecule has 7 heteroatoms. The Morgan fingerprint density at radius 1 is 1.09 bits per heavy atom. The third-order valence-corrected chi connectivity index (χ3v) is 4.33. The van der Waals surface area contributed by atoms with Crippen LogP contribution in [0, 0.1) is 11.3 Å². The summed E-state index contributed by atoms with van der Waals surface area (Å²) in [4.78, 5) is 12.5. The number of aromatic nitrogens is 3. The minimum absolute atomic E-state index is 0.118. The highest BCUT2D eigenvalue weighted by atomic mass is 35.5. The summed E-state index contributed by atoms with van der Waals surface area (Å²) in [5, 5.41) is 12.8. The predicted molar refractivity (Wildman–Crippen MR) is 87.1 cm³/mol. The number of benzene rings is 1. The number of hydrogen-bond donors (Lipinski definition) is 0. The minimum atomic E-state index is -0.563. The lowest BCUT2D eigenvalue weighted by atomic mass is 10.1. The Morgan fingerprint density at radius 2 is 1.86 bits per heavy atom. The zero-order chi connectivity index (χ0) is 15.5. The average Bonchev–Trinajstić information content (AvgIpc) is 2.98. The van der Waals surface area contributed by atoms with Crippen molar-refractivity contribution < 1.29 is 0 Å². The fourth-order valence-corrected chi connectivity index (χ4v) is 3.09. The van der Waals surface area contributed by atoms with Crippen molar-refractivity contribution in [1.82, 2.24) is 15.0 Å². The molecule has 0 fully saturated rings. The van der Waals surface area contributed by atoms with Gasteiger partial charge in [0.25, 0.3) is 0 Å². The number of nitrogens with zero attached hydrogens (tertiary/aromatic N) is 4. The highest BCUT2D eigenvalue weighted by molar-refractivity contribution is 7.10. The fourth-order valence-electron chi connectivity index (χ4n) is 1.93.